The summed E-state index contributed by atoms with van der Waals surface area (Å²) < 4.78 is 35.6. The van der Waals surface area contributed by atoms with Crippen molar-refractivity contribution in [3.63, 3.8) is 0 Å². The smallest absolute Gasteiger partial charge is 0.387 e. The zero-order valence-electron chi connectivity index (χ0n) is 16.0. The first-order valence-corrected chi connectivity index (χ1v) is 9.39. The van der Waals surface area contributed by atoms with E-state index >= 15 is 0 Å². The maximum Gasteiger partial charge on any atom is 0.387 e. The van der Waals surface area contributed by atoms with Gasteiger partial charge in [0.15, 0.2) is 5.96 Å². The van der Waals surface area contributed by atoms with Crippen molar-refractivity contribution in [3.8, 4) is 11.5 Å². The van der Waals surface area contributed by atoms with Crippen LogP contribution >= 0.6 is 35.3 Å². The molecule has 0 amide bonds. The van der Waals surface area contributed by atoms with Crippen LogP contribution in [0.2, 0.25) is 0 Å². The van der Waals surface area contributed by atoms with Crippen LogP contribution in [0.1, 0.15) is 28.8 Å². The van der Waals surface area contributed by atoms with Gasteiger partial charge in [-0.15, -0.1) is 35.3 Å². The summed E-state index contributed by atoms with van der Waals surface area (Å²) >= 11 is 1.60. The van der Waals surface area contributed by atoms with Crippen LogP contribution in [-0.4, -0.2) is 31.2 Å². The van der Waals surface area contributed by atoms with E-state index in [2.05, 4.69) is 25.3 Å². The lowest BCUT2D eigenvalue weighted by atomic mass is 10.2. The summed E-state index contributed by atoms with van der Waals surface area (Å²) in [5, 5.41) is 7.26. The Kier molecular flexibility index (Phi) is 11.0. The maximum absolute atomic E-state index is 12.7. The number of halogens is 3. The van der Waals surface area contributed by atoms with Crippen molar-refractivity contribution in [1.29, 1.82) is 0 Å². The van der Waals surface area contributed by atoms with Crippen molar-refractivity contribution in [2.45, 2.75) is 40.0 Å². The number of hydrogen-bond acceptors (Lipinski definition) is 5. The van der Waals surface area contributed by atoms with Crippen LogP contribution < -0.4 is 20.1 Å². The fourth-order valence-electron chi connectivity index (χ4n) is 2.25. The summed E-state index contributed by atoms with van der Waals surface area (Å²) in [6.07, 6.45) is 2.64. The van der Waals surface area contributed by atoms with Crippen molar-refractivity contribution >= 4 is 41.3 Å². The van der Waals surface area contributed by atoms with Crippen molar-refractivity contribution in [2.75, 3.05) is 13.7 Å². The zero-order chi connectivity index (χ0) is 19.6. The minimum atomic E-state index is -2.91. The van der Waals surface area contributed by atoms with Gasteiger partial charge in [0.2, 0.25) is 0 Å². The molecule has 0 spiro atoms. The molecule has 1 aromatic carbocycles. The summed E-state index contributed by atoms with van der Waals surface area (Å²) in [5.74, 6) is 1.13. The van der Waals surface area contributed by atoms with E-state index < -0.39 is 6.61 Å². The van der Waals surface area contributed by atoms with Crippen LogP contribution in [0, 0.1) is 6.92 Å². The molecule has 0 atom stereocenters. The van der Waals surface area contributed by atoms with Crippen molar-refractivity contribution < 1.29 is 18.3 Å². The molecule has 0 unspecified atom stereocenters. The van der Waals surface area contributed by atoms with Gasteiger partial charge in [0.05, 0.1) is 18.2 Å². The van der Waals surface area contributed by atoms with Gasteiger partial charge in [0.1, 0.15) is 11.5 Å². The Morgan fingerprint density at radius 3 is 2.64 bits per heavy atom. The Bertz CT molecular complexity index is 759. The Morgan fingerprint density at radius 2 is 2.04 bits per heavy atom. The maximum atomic E-state index is 12.7. The number of aromatic nitrogens is 1. The van der Waals surface area contributed by atoms with Gasteiger partial charge in [-0.05, 0) is 25.5 Å². The number of rotatable bonds is 9. The third-order valence-corrected chi connectivity index (χ3v) is 4.41. The highest BCUT2D eigenvalue weighted by Crippen LogP contribution is 2.26. The van der Waals surface area contributed by atoms with E-state index in [1.165, 1.54) is 6.07 Å². The van der Waals surface area contributed by atoms with Crippen LogP contribution in [0.3, 0.4) is 0 Å². The standard InChI is InChI=1S/C18H24F2N4O2S.HI/c1-4-7-25-14-6-5-13(16(8-14)26-17(19)20)9-23-18(21-3)24-11-15-10-22-12(2)27-15;/h5-6,8,10,17H,4,7,9,11H2,1-3H3,(H2,21,23,24);1H. The molecule has 6 nitrogen and oxygen atoms in total. The quantitative estimate of drug-likeness (QED) is 0.290. The largest absolute Gasteiger partial charge is 0.493 e. The van der Waals surface area contributed by atoms with Gasteiger partial charge in [-0.25, -0.2) is 4.98 Å². The van der Waals surface area contributed by atoms with E-state index in [-0.39, 0.29) is 36.3 Å². The van der Waals surface area contributed by atoms with E-state index in [9.17, 15) is 8.78 Å². The number of nitrogens with one attached hydrogen (secondary N) is 2. The molecule has 2 aromatic rings. The molecule has 156 valence electrons. The highest BCUT2D eigenvalue weighted by Gasteiger charge is 2.12. The van der Waals surface area contributed by atoms with E-state index in [1.54, 1.807) is 30.5 Å². The summed E-state index contributed by atoms with van der Waals surface area (Å²) in [5.41, 5.74) is 0.579. The molecule has 0 saturated heterocycles. The van der Waals surface area contributed by atoms with Crippen molar-refractivity contribution in [3.05, 3.63) is 39.8 Å². The molecule has 10 heteroatoms. The fraction of sp³-hybridized carbons (Fsp3) is 0.444. The molecule has 2 N–H and O–H groups in total. The molecular formula is C18H25F2IN4O2S. The second-order valence-corrected chi connectivity index (χ2v) is 6.94. The SMILES string of the molecule is CCCOc1ccc(CNC(=NC)NCc2cnc(C)s2)c(OC(F)F)c1.I. The number of thiazole rings is 1. The summed E-state index contributed by atoms with van der Waals surface area (Å²) in [6.45, 7) is 2.38. The molecule has 1 heterocycles. The average molecular weight is 526 g/mol. The summed E-state index contributed by atoms with van der Waals surface area (Å²) in [7, 11) is 1.64. The van der Waals surface area contributed by atoms with Crippen LogP contribution in [0.15, 0.2) is 29.4 Å². The van der Waals surface area contributed by atoms with E-state index in [0.717, 1.165) is 16.3 Å². The summed E-state index contributed by atoms with van der Waals surface area (Å²) in [6, 6.07) is 4.92. The van der Waals surface area contributed by atoms with Crippen LogP contribution in [0.25, 0.3) is 0 Å². The van der Waals surface area contributed by atoms with Gasteiger partial charge in [-0.2, -0.15) is 8.78 Å². The number of ether oxygens (including phenoxy) is 2. The second kappa shape index (κ2) is 12.7. The van der Waals surface area contributed by atoms with E-state index in [4.69, 9.17) is 4.74 Å². The number of alkyl halides is 2. The highest BCUT2D eigenvalue weighted by atomic mass is 127. The van der Waals surface area contributed by atoms with Gasteiger partial charge < -0.3 is 20.1 Å². The van der Waals surface area contributed by atoms with Crippen molar-refractivity contribution in [2.24, 2.45) is 4.99 Å². The van der Waals surface area contributed by atoms with Gasteiger partial charge in [0, 0.05) is 36.3 Å². The predicted octanol–water partition coefficient (Wildman–Crippen LogP) is 4.32. The normalized spacial score (nSPS) is 11.1. The minimum Gasteiger partial charge on any atom is -0.493 e. The Labute approximate surface area is 184 Å². The Balaban J connectivity index is 0.00000392. The third kappa shape index (κ3) is 8.13. The molecule has 0 aliphatic carbocycles. The molecule has 0 aliphatic rings. The molecule has 0 aliphatic heterocycles. The molecule has 1 aromatic heterocycles. The molecule has 0 saturated carbocycles. The number of benzene rings is 1. The molecular weight excluding hydrogens is 501 g/mol. The first-order valence-electron chi connectivity index (χ1n) is 8.58. The molecule has 0 fully saturated rings. The van der Waals surface area contributed by atoms with Gasteiger partial charge in [-0.1, -0.05) is 6.92 Å². The monoisotopic (exact) mass is 526 g/mol. The van der Waals surface area contributed by atoms with Crippen molar-refractivity contribution in [1.82, 2.24) is 15.6 Å². The van der Waals surface area contributed by atoms with E-state index in [0.29, 0.717) is 30.4 Å². The number of aliphatic imine (C=N–C) groups is 1. The molecule has 28 heavy (non-hydrogen) atoms. The second-order valence-electron chi connectivity index (χ2n) is 5.62. The molecule has 2 rings (SSSR count). The molecule has 0 radical (unpaired) electrons. The lowest BCUT2D eigenvalue weighted by Gasteiger charge is -2.15. The van der Waals surface area contributed by atoms with Gasteiger partial charge in [0.25, 0.3) is 0 Å². The highest BCUT2D eigenvalue weighted by molar-refractivity contribution is 14.0. The Morgan fingerprint density at radius 1 is 1.29 bits per heavy atom. The average Bonchev–Trinajstić information content (AvgIpc) is 3.06. The summed E-state index contributed by atoms with van der Waals surface area (Å²) in [4.78, 5) is 9.42. The fourth-order valence-corrected chi connectivity index (χ4v) is 2.99. The van der Waals surface area contributed by atoms with Crippen LogP contribution in [0.4, 0.5) is 8.78 Å². The molecule has 0 bridgehead atoms. The third-order valence-electron chi connectivity index (χ3n) is 3.50. The van der Waals surface area contributed by atoms with Gasteiger partial charge >= 0.3 is 6.61 Å². The first-order chi connectivity index (χ1) is 13.0. The van der Waals surface area contributed by atoms with Crippen LogP contribution in [-0.2, 0) is 13.1 Å². The topological polar surface area (TPSA) is 67.8 Å². The van der Waals surface area contributed by atoms with E-state index in [1.807, 2.05) is 20.0 Å². The number of nitrogens with zero attached hydrogens (tertiary/aromatic N) is 2. The predicted molar refractivity (Wildman–Crippen MR) is 118 cm³/mol. The number of aryl methyl sites for hydroxylation is 1. The minimum absolute atomic E-state index is 0. The number of guanidine groups is 1. The van der Waals surface area contributed by atoms with Gasteiger partial charge in [-0.3, -0.25) is 4.99 Å². The lowest BCUT2D eigenvalue weighted by Crippen LogP contribution is -2.36. The first kappa shape index (κ1) is 24.3. The lowest BCUT2D eigenvalue weighted by molar-refractivity contribution is -0.0505. The van der Waals surface area contributed by atoms with Crippen LogP contribution in [0.5, 0.6) is 11.5 Å². The Hall–Kier alpha value is -1.69. The number of hydrogen-bond donors (Lipinski definition) is 2. The zero-order valence-corrected chi connectivity index (χ0v) is 19.1.